The van der Waals surface area contributed by atoms with Gasteiger partial charge in [0.15, 0.2) is 0 Å². The van der Waals surface area contributed by atoms with Crippen molar-refractivity contribution < 1.29 is 33.4 Å². The van der Waals surface area contributed by atoms with Gasteiger partial charge < -0.3 is 19.7 Å². The van der Waals surface area contributed by atoms with Gasteiger partial charge in [0.2, 0.25) is 5.91 Å². The second-order valence-electron chi connectivity index (χ2n) is 8.85. The van der Waals surface area contributed by atoms with E-state index in [-0.39, 0.29) is 49.2 Å². The Kier molecular flexibility index (Phi) is 8.17. The fraction of sp³-hybridized carbons (Fsp3) is 0.370. The van der Waals surface area contributed by atoms with Gasteiger partial charge in [0, 0.05) is 37.7 Å². The molecule has 2 aromatic rings. The lowest BCUT2D eigenvalue weighted by Gasteiger charge is -2.32. The van der Waals surface area contributed by atoms with E-state index in [1.807, 2.05) is 0 Å². The van der Waals surface area contributed by atoms with Gasteiger partial charge in [0.25, 0.3) is 17.7 Å². The van der Waals surface area contributed by atoms with Crippen molar-refractivity contribution >= 4 is 29.8 Å². The minimum absolute atomic E-state index is 0.0452. The standard InChI is InChI=1S/C27H29N3O7/c1-2-36-27(35)37-20-11-9-18(10-12-20)24(32)29-16-13-19(14-17-29)28-23(31)8-5-15-30-25(33)21-6-3-4-7-22(21)26(30)34/h3-4,6-7,9-12,19H,2,5,8,13-17H2,1H3,(H,28,31). The molecule has 2 aliphatic heterocycles. The van der Waals surface area contributed by atoms with Crippen LogP contribution >= 0.6 is 0 Å². The minimum Gasteiger partial charge on any atom is -0.434 e. The Bertz CT molecular complexity index is 1150. The number of carbonyl (C=O) groups excluding carboxylic acids is 5. The first-order chi connectivity index (χ1) is 17.9. The van der Waals surface area contributed by atoms with Crippen molar-refractivity contribution in [1.29, 1.82) is 0 Å². The molecular formula is C27H29N3O7. The van der Waals surface area contributed by atoms with Crippen LogP contribution in [0, 0.1) is 0 Å². The average Bonchev–Trinajstić information content (AvgIpc) is 3.14. The second-order valence-corrected chi connectivity index (χ2v) is 8.85. The molecule has 1 saturated heterocycles. The summed E-state index contributed by atoms with van der Waals surface area (Å²) >= 11 is 0. The molecule has 4 amide bonds. The Morgan fingerprint density at radius 1 is 0.946 bits per heavy atom. The highest BCUT2D eigenvalue weighted by molar-refractivity contribution is 6.21. The van der Waals surface area contributed by atoms with Gasteiger partial charge in [-0.3, -0.25) is 24.1 Å². The van der Waals surface area contributed by atoms with Crippen LogP contribution in [0.1, 0.15) is 63.7 Å². The van der Waals surface area contributed by atoms with E-state index in [2.05, 4.69) is 5.32 Å². The van der Waals surface area contributed by atoms with Crippen LogP contribution in [0.3, 0.4) is 0 Å². The van der Waals surface area contributed by atoms with E-state index in [1.165, 1.54) is 4.90 Å². The summed E-state index contributed by atoms with van der Waals surface area (Å²) in [5, 5.41) is 2.99. The molecule has 1 fully saturated rings. The average molecular weight is 508 g/mol. The molecule has 2 aliphatic rings. The summed E-state index contributed by atoms with van der Waals surface area (Å²) in [4.78, 5) is 64.4. The molecule has 0 spiro atoms. The number of piperidine rings is 1. The number of fused-ring (bicyclic) bond motifs is 1. The number of carbonyl (C=O) groups is 5. The Morgan fingerprint density at radius 2 is 1.57 bits per heavy atom. The number of benzene rings is 2. The van der Waals surface area contributed by atoms with Gasteiger partial charge in [-0.15, -0.1) is 0 Å². The van der Waals surface area contributed by atoms with Crippen LogP contribution in [0.4, 0.5) is 4.79 Å². The summed E-state index contributed by atoms with van der Waals surface area (Å²) in [5.74, 6) is -0.621. The van der Waals surface area contributed by atoms with E-state index < -0.39 is 6.16 Å². The highest BCUT2D eigenvalue weighted by Gasteiger charge is 2.34. The fourth-order valence-electron chi connectivity index (χ4n) is 4.46. The van der Waals surface area contributed by atoms with Gasteiger partial charge in [-0.05, 0) is 62.6 Å². The third kappa shape index (κ3) is 6.14. The smallest absolute Gasteiger partial charge is 0.434 e. The third-order valence-corrected chi connectivity index (χ3v) is 6.38. The van der Waals surface area contributed by atoms with Crippen LogP contribution in [0.2, 0.25) is 0 Å². The summed E-state index contributed by atoms with van der Waals surface area (Å²) in [6.07, 6.45) is 1.03. The van der Waals surface area contributed by atoms with Gasteiger partial charge in [-0.25, -0.2) is 4.79 Å². The van der Waals surface area contributed by atoms with Crippen LogP contribution in [0.5, 0.6) is 5.75 Å². The maximum Gasteiger partial charge on any atom is 0.513 e. The first-order valence-corrected chi connectivity index (χ1v) is 12.4. The zero-order chi connectivity index (χ0) is 26.4. The summed E-state index contributed by atoms with van der Waals surface area (Å²) in [6.45, 7) is 3.08. The molecule has 1 N–H and O–H groups in total. The fourth-order valence-corrected chi connectivity index (χ4v) is 4.46. The van der Waals surface area contributed by atoms with E-state index in [0.717, 1.165) is 0 Å². The first kappa shape index (κ1) is 25.9. The van der Waals surface area contributed by atoms with E-state index in [9.17, 15) is 24.0 Å². The van der Waals surface area contributed by atoms with E-state index >= 15 is 0 Å². The molecule has 2 aromatic carbocycles. The monoisotopic (exact) mass is 507 g/mol. The van der Waals surface area contributed by atoms with Crippen molar-refractivity contribution in [2.24, 2.45) is 0 Å². The van der Waals surface area contributed by atoms with Crippen LogP contribution < -0.4 is 10.1 Å². The number of imide groups is 1. The quantitative estimate of drug-likeness (QED) is 0.331. The maximum atomic E-state index is 12.8. The summed E-state index contributed by atoms with van der Waals surface area (Å²) < 4.78 is 9.73. The lowest BCUT2D eigenvalue weighted by molar-refractivity contribution is -0.122. The van der Waals surface area contributed by atoms with Gasteiger partial charge in [-0.1, -0.05) is 12.1 Å². The molecular weight excluding hydrogens is 478 g/mol. The van der Waals surface area contributed by atoms with Crippen molar-refractivity contribution in [3.8, 4) is 5.75 Å². The third-order valence-electron chi connectivity index (χ3n) is 6.38. The Morgan fingerprint density at radius 3 is 2.16 bits per heavy atom. The Labute approximate surface area is 214 Å². The number of amides is 4. The lowest BCUT2D eigenvalue weighted by Crippen LogP contribution is -2.46. The molecule has 0 bridgehead atoms. The molecule has 0 radical (unpaired) electrons. The zero-order valence-corrected chi connectivity index (χ0v) is 20.6. The summed E-state index contributed by atoms with van der Waals surface area (Å²) in [5.41, 5.74) is 1.28. The molecule has 2 heterocycles. The molecule has 10 nitrogen and oxygen atoms in total. The number of hydrogen-bond acceptors (Lipinski definition) is 7. The second kappa shape index (κ2) is 11.7. The lowest BCUT2D eigenvalue weighted by atomic mass is 10.0. The van der Waals surface area contributed by atoms with Crippen molar-refractivity contribution in [3.63, 3.8) is 0 Å². The molecule has 4 rings (SSSR count). The SMILES string of the molecule is CCOC(=O)Oc1ccc(C(=O)N2CCC(NC(=O)CCCN3C(=O)c4ccccc4C3=O)CC2)cc1. The summed E-state index contributed by atoms with van der Waals surface area (Å²) in [6, 6.07) is 12.9. The molecule has 10 heteroatoms. The highest BCUT2D eigenvalue weighted by Crippen LogP contribution is 2.23. The van der Waals surface area contributed by atoms with Gasteiger partial charge in [0.05, 0.1) is 17.7 Å². The Hall–Kier alpha value is -4.21. The van der Waals surface area contributed by atoms with Crippen LogP contribution in [0.25, 0.3) is 0 Å². The van der Waals surface area contributed by atoms with Crippen LogP contribution in [-0.2, 0) is 9.53 Å². The molecule has 0 aromatic heterocycles. The normalized spacial score (nSPS) is 15.4. The number of ether oxygens (including phenoxy) is 2. The minimum atomic E-state index is -0.797. The molecule has 0 atom stereocenters. The van der Waals surface area contributed by atoms with Crippen molar-refractivity contribution in [2.45, 2.75) is 38.6 Å². The highest BCUT2D eigenvalue weighted by atomic mass is 16.7. The molecule has 0 unspecified atom stereocenters. The van der Waals surface area contributed by atoms with Crippen LogP contribution in [-0.4, -0.2) is 71.9 Å². The Balaban J connectivity index is 1.17. The van der Waals surface area contributed by atoms with E-state index in [0.29, 0.717) is 54.8 Å². The topological polar surface area (TPSA) is 122 Å². The molecule has 0 aliphatic carbocycles. The number of nitrogens with one attached hydrogen (secondary N) is 1. The molecule has 194 valence electrons. The van der Waals surface area contributed by atoms with Gasteiger partial charge in [0.1, 0.15) is 5.75 Å². The maximum absolute atomic E-state index is 12.8. The predicted molar refractivity (Wildman–Crippen MR) is 132 cm³/mol. The van der Waals surface area contributed by atoms with Gasteiger partial charge >= 0.3 is 6.16 Å². The predicted octanol–water partition coefficient (Wildman–Crippen LogP) is 3.02. The van der Waals surface area contributed by atoms with Crippen molar-refractivity contribution in [2.75, 3.05) is 26.2 Å². The van der Waals surface area contributed by atoms with Gasteiger partial charge in [-0.2, -0.15) is 0 Å². The number of nitrogens with zero attached hydrogens (tertiary/aromatic N) is 2. The van der Waals surface area contributed by atoms with E-state index in [4.69, 9.17) is 9.47 Å². The zero-order valence-electron chi connectivity index (χ0n) is 20.6. The van der Waals surface area contributed by atoms with E-state index in [1.54, 1.807) is 60.4 Å². The number of hydrogen-bond donors (Lipinski definition) is 1. The largest absolute Gasteiger partial charge is 0.513 e. The molecule has 0 saturated carbocycles. The van der Waals surface area contributed by atoms with Crippen LogP contribution in [0.15, 0.2) is 48.5 Å². The number of likely N-dealkylation sites (tertiary alicyclic amines) is 1. The molecule has 37 heavy (non-hydrogen) atoms. The summed E-state index contributed by atoms with van der Waals surface area (Å²) in [7, 11) is 0. The number of rotatable bonds is 8. The van der Waals surface area contributed by atoms with Crippen molar-refractivity contribution in [3.05, 3.63) is 65.2 Å². The van der Waals surface area contributed by atoms with Crippen molar-refractivity contribution in [1.82, 2.24) is 15.1 Å². The first-order valence-electron chi connectivity index (χ1n) is 12.4.